The largest absolute Gasteiger partial charge is 0.478 e. The summed E-state index contributed by atoms with van der Waals surface area (Å²) >= 11 is 0. The second-order valence-electron chi connectivity index (χ2n) is 9.57. The maximum atomic E-state index is 13.5. The van der Waals surface area contributed by atoms with Crippen LogP contribution in [-0.4, -0.2) is 12.4 Å². The van der Waals surface area contributed by atoms with E-state index in [1.54, 1.807) is 6.07 Å². The summed E-state index contributed by atoms with van der Waals surface area (Å²) in [6, 6.07) is 16.6. The fraction of sp³-hybridized carbons (Fsp3) is 0.241. The molecule has 4 aromatic rings. The van der Waals surface area contributed by atoms with Crippen LogP contribution in [0, 0.1) is 19.7 Å². The molecular formula is C29H27FO4. The Labute approximate surface area is 198 Å². The highest BCUT2D eigenvalue weighted by atomic mass is 19.1. The number of hydrogen-bond acceptors (Lipinski definition) is 4. The third kappa shape index (κ3) is 4.65. The number of benzene rings is 3. The van der Waals surface area contributed by atoms with Gasteiger partial charge in [-0.05, 0) is 72.4 Å². The number of Topliss-reactive ketones (excluding diaryl/α,β-unsaturated/α-hetero) is 1. The van der Waals surface area contributed by atoms with Gasteiger partial charge in [0.15, 0.2) is 18.2 Å². The van der Waals surface area contributed by atoms with E-state index in [1.807, 2.05) is 44.2 Å². The van der Waals surface area contributed by atoms with Crippen LogP contribution in [0.1, 0.15) is 47.8 Å². The Balaban J connectivity index is 1.80. The number of aryl methyl sites for hydroxylation is 2. The van der Waals surface area contributed by atoms with Crippen molar-refractivity contribution in [2.75, 3.05) is 6.61 Å². The Morgan fingerprint density at radius 1 is 0.941 bits per heavy atom. The Kier molecular flexibility index (Phi) is 6.13. The molecule has 1 aromatic heterocycles. The average molecular weight is 459 g/mol. The summed E-state index contributed by atoms with van der Waals surface area (Å²) in [4.78, 5) is 26.1. The molecule has 0 spiro atoms. The summed E-state index contributed by atoms with van der Waals surface area (Å²) in [5.41, 5.74) is 4.16. The lowest BCUT2D eigenvalue weighted by molar-refractivity contribution is 0.0920. The molecule has 5 heteroatoms. The minimum atomic E-state index is -0.431. The van der Waals surface area contributed by atoms with Gasteiger partial charge in [0, 0.05) is 11.1 Å². The van der Waals surface area contributed by atoms with Crippen molar-refractivity contribution in [3.8, 4) is 17.1 Å². The molecule has 0 aliphatic carbocycles. The standard InChI is InChI=1S/C29H27FO4/c1-17-14-23-25(15-18(17)2)34-27(20-6-10-21(11-7-20)29(3,4)5)28(26(23)32)33-16-24(31)19-8-12-22(30)13-9-19/h6-15H,16H2,1-5H3. The van der Waals surface area contributed by atoms with Crippen LogP contribution in [0.15, 0.2) is 69.9 Å². The highest BCUT2D eigenvalue weighted by Gasteiger charge is 2.21. The number of rotatable bonds is 5. The van der Waals surface area contributed by atoms with Gasteiger partial charge in [-0.3, -0.25) is 9.59 Å². The number of ketones is 1. The van der Waals surface area contributed by atoms with Crippen LogP contribution in [0.25, 0.3) is 22.3 Å². The molecule has 0 radical (unpaired) electrons. The molecule has 0 bridgehead atoms. The monoisotopic (exact) mass is 458 g/mol. The lowest BCUT2D eigenvalue weighted by Gasteiger charge is -2.19. The van der Waals surface area contributed by atoms with Gasteiger partial charge >= 0.3 is 0 Å². The molecule has 0 aliphatic heterocycles. The highest BCUT2D eigenvalue weighted by molar-refractivity contribution is 5.97. The van der Waals surface area contributed by atoms with Crippen molar-refractivity contribution >= 4 is 16.8 Å². The normalized spacial score (nSPS) is 11.6. The molecule has 4 nitrogen and oxygen atoms in total. The molecule has 0 amide bonds. The summed E-state index contributed by atoms with van der Waals surface area (Å²) in [6.07, 6.45) is 0. The van der Waals surface area contributed by atoms with Gasteiger partial charge in [0.1, 0.15) is 11.4 Å². The van der Waals surface area contributed by atoms with E-state index in [2.05, 4.69) is 20.8 Å². The van der Waals surface area contributed by atoms with E-state index in [0.29, 0.717) is 22.1 Å². The number of carbonyl (C=O) groups is 1. The van der Waals surface area contributed by atoms with Gasteiger partial charge in [-0.25, -0.2) is 4.39 Å². The Hall–Kier alpha value is -3.73. The molecule has 34 heavy (non-hydrogen) atoms. The SMILES string of the molecule is Cc1cc2oc(-c3ccc(C(C)(C)C)cc3)c(OCC(=O)c3ccc(F)cc3)c(=O)c2cc1C. The summed E-state index contributed by atoms with van der Waals surface area (Å²) < 4.78 is 25.2. The molecule has 174 valence electrons. The Bertz CT molecular complexity index is 1420. The van der Waals surface area contributed by atoms with Gasteiger partial charge in [0.05, 0.1) is 5.39 Å². The van der Waals surface area contributed by atoms with E-state index in [1.165, 1.54) is 24.3 Å². The third-order valence-corrected chi connectivity index (χ3v) is 5.99. The summed E-state index contributed by atoms with van der Waals surface area (Å²) in [7, 11) is 0. The smallest absolute Gasteiger partial charge is 0.235 e. The zero-order valence-corrected chi connectivity index (χ0v) is 20.0. The van der Waals surface area contributed by atoms with E-state index in [9.17, 15) is 14.0 Å². The molecule has 1 heterocycles. The highest BCUT2D eigenvalue weighted by Crippen LogP contribution is 2.33. The van der Waals surface area contributed by atoms with Crippen molar-refractivity contribution < 1.29 is 18.3 Å². The van der Waals surface area contributed by atoms with Crippen molar-refractivity contribution in [3.05, 3.63) is 99.0 Å². The molecular weight excluding hydrogens is 431 g/mol. The second kappa shape index (κ2) is 8.90. The maximum Gasteiger partial charge on any atom is 0.235 e. The number of halogens is 1. The Morgan fingerprint density at radius 2 is 1.56 bits per heavy atom. The molecule has 0 unspecified atom stereocenters. The molecule has 4 rings (SSSR count). The number of fused-ring (bicyclic) bond motifs is 1. The first-order valence-corrected chi connectivity index (χ1v) is 11.1. The van der Waals surface area contributed by atoms with Crippen LogP contribution < -0.4 is 10.2 Å². The molecule has 0 saturated carbocycles. The quantitative estimate of drug-likeness (QED) is 0.310. The first-order chi connectivity index (χ1) is 16.0. The van der Waals surface area contributed by atoms with Crippen LogP contribution in [0.4, 0.5) is 4.39 Å². The van der Waals surface area contributed by atoms with Crippen LogP contribution >= 0.6 is 0 Å². The van der Waals surface area contributed by atoms with Crippen LogP contribution in [-0.2, 0) is 5.41 Å². The van der Waals surface area contributed by atoms with Gasteiger partial charge < -0.3 is 9.15 Å². The van der Waals surface area contributed by atoms with Gasteiger partial charge in [-0.1, -0.05) is 45.0 Å². The lowest BCUT2D eigenvalue weighted by atomic mass is 9.86. The molecule has 0 atom stereocenters. The summed E-state index contributed by atoms with van der Waals surface area (Å²) in [6.45, 7) is 9.88. The van der Waals surface area contributed by atoms with Crippen LogP contribution in [0.2, 0.25) is 0 Å². The van der Waals surface area contributed by atoms with E-state index < -0.39 is 5.82 Å². The minimum absolute atomic E-state index is 0.0188. The summed E-state index contributed by atoms with van der Waals surface area (Å²) in [5, 5.41) is 0.391. The van der Waals surface area contributed by atoms with Crippen LogP contribution in [0.3, 0.4) is 0 Å². The molecule has 0 aliphatic rings. The summed E-state index contributed by atoms with van der Waals surface area (Å²) in [5.74, 6) is -0.546. The number of ether oxygens (including phenoxy) is 1. The van der Waals surface area contributed by atoms with Gasteiger partial charge in [0.2, 0.25) is 11.2 Å². The van der Waals surface area contributed by atoms with E-state index in [0.717, 1.165) is 16.7 Å². The molecule has 3 aromatic carbocycles. The third-order valence-electron chi connectivity index (χ3n) is 5.99. The first kappa shape index (κ1) is 23.4. The minimum Gasteiger partial charge on any atom is -0.478 e. The fourth-order valence-electron chi connectivity index (χ4n) is 3.73. The zero-order valence-electron chi connectivity index (χ0n) is 20.0. The van der Waals surface area contributed by atoms with Crippen molar-refractivity contribution in [2.24, 2.45) is 0 Å². The van der Waals surface area contributed by atoms with Crippen molar-refractivity contribution in [2.45, 2.75) is 40.0 Å². The maximum absolute atomic E-state index is 13.5. The first-order valence-electron chi connectivity index (χ1n) is 11.1. The van der Waals surface area contributed by atoms with Gasteiger partial charge in [0.25, 0.3) is 0 Å². The lowest BCUT2D eigenvalue weighted by Crippen LogP contribution is -2.17. The Morgan fingerprint density at radius 3 is 2.18 bits per heavy atom. The van der Waals surface area contributed by atoms with Crippen molar-refractivity contribution in [1.29, 1.82) is 0 Å². The predicted octanol–water partition coefficient (Wildman–Crippen LogP) is 6.78. The van der Waals surface area contributed by atoms with E-state index >= 15 is 0 Å². The topological polar surface area (TPSA) is 56.5 Å². The van der Waals surface area contributed by atoms with Crippen molar-refractivity contribution in [1.82, 2.24) is 0 Å². The number of carbonyl (C=O) groups excluding carboxylic acids is 1. The van der Waals surface area contributed by atoms with Crippen molar-refractivity contribution in [3.63, 3.8) is 0 Å². The van der Waals surface area contributed by atoms with E-state index in [-0.39, 0.29) is 34.7 Å². The van der Waals surface area contributed by atoms with Crippen LogP contribution in [0.5, 0.6) is 5.75 Å². The second-order valence-corrected chi connectivity index (χ2v) is 9.57. The molecule has 0 saturated heterocycles. The van der Waals surface area contributed by atoms with E-state index in [4.69, 9.17) is 9.15 Å². The molecule has 0 fully saturated rings. The van der Waals surface area contributed by atoms with Gasteiger partial charge in [-0.15, -0.1) is 0 Å². The number of hydrogen-bond donors (Lipinski definition) is 0. The van der Waals surface area contributed by atoms with Gasteiger partial charge in [-0.2, -0.15) is 0 Å². The average Bonchev–Trinajstić information content (AvgIpc) is 2.79. The fourth-order valence-corrected chi connectivity index (χ4v) is 3.73. The predicted molar refractivity (Wildman–Crippen MR) is 132 cm³/mol. The zero-order chi connectivity index (χ0) is 24.6. The molecule has 0 N–H and O–H groups in total.